The third-order valence-electron chi connectivity index (χ3n) is 3.69. The van der Waals surface area contributed by atoms with Gasteiger partial charge in [-0.25, -0.2) is 4.90 Å². The summed E-state index contributed by atoms with van der Waals surface area (Å²) < 4.78 is 5.33. The molecule has 0 spiro atoms. The first-order valence-electron chi connectivity index (χ1n) is 7.17. The standard InChI is InChI=1S/C18H16N2O2S/c1-12-7-3-4-8-13(12)11-14-17(21)20(18(23)19-14)15-9-5-6-10-16(15)22-2/h3-11H,1-2H3,(H,19,23)/b14-11+. The molecule has 1 saturated heterocycles. The van der Waals surface area contributed by atoms with E-state index in [1.807, 2.05) is 49.4 Å². The number of amides is 1. The summed E-state index contributed by atoms with van der Waals surface area (Å²) in [5.41, 5.74) is 3.16. The van der Waals surface area contributed by atoms with E-state index in [2.05, 4.69) is 5.32 Å². The summed E-state index contributed by atoms with van der Waals surface area (Å²) in [6.45, 7) is 2.00. The number of nitrogens with zero attached hydrogens (tertiary/aromatic N) is 1. The Morgan fingerprint density at radius 1 is 1.13 bits per heavy atom. The van der Waals surface area contributed by atoms with Crippen molar-refractivity contribution in [1.82, 2.24) is 5.32 Å². The fourth-order valence-corrected chi connectivity index (χ4v) is 2.76. The molecule has 0 unspecified atom stereocenters. The second kappa shape index (κ2) is 6.22. The van der Waals surface area contributed by atoms with E-state index in [1.54, 1.807) is 19.2 Å². The molecule has 1 heterocycles. The summed E-state index contributed by atoms with van der Waals surface area (Å²) in [5.74, 6) is 0.407. The van der Waals surface area contributed by atoms with E-state index in [9.17, 15) is 4.79 Å². The highest BCUT2D eigenvalue weighted by Crippen LogP contribution is 2.31. The summed E-state index contributed by atoms with van der Waals surface area (Å²) in [5, 5.41) is 3.34. The number of hydrogen-bond acceptors (Lipinski definition) is 3. The number of rotatable bonds is 3. The summed E-state index contributed by atoms with van der Waals surface area (Å²) >= 11 is 5.33. The number of para-hydroxylation sites is 2. The van der Waals surface area contributed by atoms with Crippen molar-refractivity contribution in [3.05, 3.63) is 65.4 Å². The fraction of sp³-hybridized carbons (Fsp3) is 0.111. The van der Waals surface area contributed by atoms with Crippen LogP contribution in [0.15, 0.2) is 54.2 Å². The first-order valence-corrected chi connectivity index (χ1v) is 7.58. The highest BCUT2D eigenvalue weighted by atomic mass is 32.1. The lowest BCUT2D eigenvalue weighted by Gasteiger charge is -2.17. The molecule has 116 valence electrons. The van der Waals surface area contributed by atoms with Gasteiger partial charge in [0.25, 0.3) is 5.91 Å². The van der Waals surface area contributed by atoms with Crippen LogP contribution in [0.1, 0.15) is 11.1 Å². The van der Waals surface area contributed by atoms with Crippen molar-refractivity contribution < 1.29 is 9.53 Å². The van der Waals surface area contributed by atoms with Crippen LogP contribution in [-0.2, 0) is 4.79 Å². The lowest BCUT2D eigenvalue weighted by Crippen LogP contribution is -2.30. The zero-order chi connectivity index (χ0) is 16.4. The molecule has 0 bridgehead atoms. The molecule has 1 fully saturated rings. The molecule has 1 aliphatic rings. The number of carbonyl (C=O) groups excluding carboxylic acids is 1. The first kappa shape index (κ1) is 15.2. The van der Waals surface area contributed by atoms with Crippen molar-refractivity contribution in [3.63, 3.8) is 0 Å². The Hall–Kier alpha value is -2.66. The Kier molecular flexibility index (Phi) is 4.12. The van der Waals surface area contributed by atoms with Crippen molar-refractivity contribution in [1.29, 1.82) is 0 Å². The van der Waals surface area contributed by atoms with E-state index in [1.165, 1.54) is 4.90 Å². The van der Waals surface area contributed by atoms with E-state index in [0.29, 0.717) is 22.2 Å². The molecule has 5 heteroatoms. The maximum Gasteiger partial charge on any atom is 0.281 e. The van der Waals surface area contributed by atoms with Crippen molar-refractivity contribution in [3.8, 4) is 5.75 Å². The second-order valence-corrected chi connectivity index (χ2v) is 5.54. The number of thiocarbonyl (C=S) groups is 1. The van der Waals surface area contributed by atoms with Crippen LogP contribution in [0.3, 0.4) is 0 Å². The Labute approximate surface area is 140 Å². The van der Waals surface area contributed by atoms with Crippen LogP contribution in [-0.4, -0.2) is 18.1 Å². The third kappa shape index (κ3) is 2.83. The van der Waals surface area contributed by atoms with E-state index in [0.717, 1.165) is 11.1 Å². The van der Waals surface area contributed by atoms with E-state index in [4.69, 9.17) is 17.0 Å². The minimum absolute atomic E-state index is 0.192. The van der Waals surface area contributed by atoms with Gasteiger partial charge in [0.1, 0.15) is 11.4 Å². The molecule has 23 heavy (non-hydrogen) atoms. The zero-order valence-electron chi connectivity index (χ0n) is 12.9. The minimum Gasteiger partial charge on any atom is -0.495 e. The van der Waals surface area contributed by atoms with E-state index >= 15 is 0 Å². The predicted molar refractivity (Wildman–Crippen MR) is 95.4 cm³/mol. The molecular weight excluding hydrogens is 308 g/mol. The van der Waals surface area contributed by atoms with Crippen molar-refractivity contribution in [2.45, 2.75) is 6.92 Å². The summed E-state index contributed by atoms with van der Waals surface area (Å²) in [4.78, 5) is 14.2. The maximum absolute atomic E-state index is 12.8. The molecule has 1 aliphatic heterocycles. The fourth-order valence-electron chi connectivity index (χ4n) is 2.47. The Morgan fingerprint density at radius 3 is 2.57 bits per heavy atom. The molecule has 0 saturated carbocycles. The van der Waals surface area contributed by atoms with Gasteiger partial charge in [0.15, 0.2) is 5.11 Å². The van der Waals surface area contributed by atoms with Gasteiger partial charge >= 0.3 is 0 Å². The van der Waals surface area contributed by atoms with Gasteiger partial charge in [0, 0.05) is 0 Å². The number of ether oxygens (including phenoxy) is 1. The normalized spacial score (nSPS) is 15.9. The van der Waals surface area contributed by atoms with Gasteiger partial charge in [-0.15, -0.1) is 0 Å². The topological polar surface area (TPSA) is 41.6 Å². The number of aryl methyl sites for hydroxylation is 1. The maximum atomic E-state index is 12.8. The molecule has 0 radical (unpaired) electrons. The average Bonchev–Trinajstić information content (AvgIpc) is 2.83. The molecule has 0 aliphatic carbocycles. The molecule has 2 aromatic rings. The largest absolute Gasteiger partial charge is 0.495 e. The molecular formula is C18H16N2O2S. The summed E-state index contributed by atoms with van der Waals surface area (Å²) in [6.07, 6.45) is 1.82. The minimum atomic E-state index is -0.192. The molecule has 2 aromatic carbocycles. The molecule has 0 aromatic heterocycles. The van der Waals surface area contributed by atoms with Gasteiger partial charge in [-0.05, 0) is 48.5 Å². The second-order valence-electron chi connectivity index (χ2n) is 5.16. The Morgan fingerprint density at radius 2 is 1.83 bits per heavy atom. The van der Waals surface area contributed by atoms with Crippen molar-refractivity contribution in [2.75, 3.05) is 12.0 Å². The van der Waals surface area contributed by atoms with Crippen LogP contribution < -0.4 is 15.0 Å². The first-order chi connectivity index (χ1) is 11.1. The van der Waals surface area contributed by atoms with Gasteiger partial charge in [-0.2, -0.15) is 0 Å². The molecule has 0 atom stereocenters. The van der Waals surface area contributed by atoms with Crippen LogP contribution in [0.2, 0.25) is 0 Å². The van der Waals surface area contributed by atoms with Crippen LogP contribution in [0, 0.1) is 6.92 Å². The van der Waals surface area contributed by atoms with E-state index in [-0.39, 0.29) is 5.91 Å². The Bertz CT molecular complexity index is 814. The van der Waals surface area contributed by atoms with E-state index < -0.39 is 0 Å². The highest BCUT2D eigenvalue weighted by Gasteiger charge is 2.33. The smallest absolute Gasteiger partial charge is 0.281 e. The molecule has 1 amide bonds. The number of benzene rings is 2. The Balaban J connectivity index is 1.99. The van der Waals surface area contributed by atoms with Gasteiger partial charge in [0.05, 0.1) is 12.8 Å². The van der Waals surface area contributed by atoms with Crippen molar-refractivity contribution in [2.24, 2.45) is 0 Å². The lowest BCUT2D eigenvalue weighted by atomic mass is 10.1. The number of carbonyl (C=O) groups is 1. The predicted octanol–water partition coefficient (Wildman–Crippen LogP) is 3.27. The zero-order valence-corrected chi connectivity index (χ0v) is 13.7. The quantitative estimate of drug-likeness (QED) is 0.695. The molecule has 4 nitrogen and oxygen atoms in total. The van der Waals surface area contributed by atoms with Gasteiger partial charge in [-0.3, -0.25) is 4.79 Å². The number of nitrogens with one attached hydrogen (secondary N) is 1. The van der Waals surface area contributed by atoms with Crippen LogP contribution in [0.5, 0.6) is 5.75 Å². The lowest BCUT2D eigenvalue weighted by molar-refractivity contribution is -0.113. The number of anilines is 1. The monoisotopic (exact) mass is 324 g/mol. The van der Waals surface area contributed by atoms with Gasteiger partial charge in [0.2, 0.25) is 0 Å². The SMILES string of the molecule is COc1ccccc1N1C(=O)/C(=C\c2ccccc2C)NC1=S. The molecule has 3 rings (SSSR count). The highest BCUT2D eigenvalue weighted by molar-refractivity contribution is 7.80. The third-order valence-corrected chi connectivity index (χ3v) is 3.98. The molecule has 1 N–H and O–H groups in total. The van der Waals surface area contributed by atoms with Crippen LogP contribution in [0.4, 0.5) is 5.69 Å². The number of methoxy groups -OCH3 is 1. The van der Waals surface area contributed by atoms with Gasteiger partial charge in [-0.1, -0.05) is 36.4 Å². The van der Waals surface area contributed by atoms with Crippen LogP contribution in [0.25, 0.3) is 6.08 Å². The summed E-state index contributed by atoms with van der Waals surface area (Å²) in [6, 6.07) is 15.2. The van der Waals surface area contributed by atoms with Gasteiger partial charge < -0.3 is 10.1 Å². The average molecular weight is 324 g/mol. The van der Waals surface area contributed by atoms with Crippen LogP contribution >= 0.6 is 12.2 Å². The number of hydrogen-bond donors (Lipinski definition) is 1. The summed E-state index contributed by atoms with van der Waals surface area (Å²) in [7, 11) is 1.57. The van der Waals surface area contributed by atoms with Crippen molar-refractivity contribution >= 4 is 35.0 Å².